The number of aromatic nitrogens is 1. The highest BCUT2D eigenvalue weighted by molar-refractivity contribution is 7.09. The molecule has 5 nitrogen and oxygen atoms in total. The summed E-state index contributed by atoms with van der Waals surface area (Å²) in [6.07, 6.45) is 1.64. The Labute approximate surface area is 165 Å². The Bertz CT molecular complexity index is 795. The molecule has 1 amide bonds. The van der Waals surface area contributed by atoms with Crippen molar-refractivity contribution in [3.63, 3.8) is 0 Å². The maximum absolute atomic E-state index is 12.5. The molecular weight excluding hydrogens is 358 g/mol. The second-order valence-electron chi connectivity index (χ2n) is 7.23. The monoisotopic (exact) mass is 385 g/mol. The van der Waals surface area contributed by atoms with Gasteiger partial charge in [-0.1, -0.05) is 30.3 Å². The summed E-state index contributed by atoms with van der Waals surface area (Å²) in [5.74, 6) is 0.219. The first-order chi connectivity index (χ1) is 13.0. The van der Waals surface area contributed by atoms with E-state index in [9.17, 15) is 9.59 Å². The van der Waals surface area contributed by atoms with Crippen LogP contribution in [0, 0.1) is 0 Å². The van der Waals surface area contributed by atoms with Crippen molar-refractivity contribution in [2.45, 2.75) is 38.6 Å². The van der Waals surface area contributed by atoms with Gasteiger partial charge in [-0.3, -0.25) is 14.5 Å². The molecule has 1 aliphatic heterocycles. The number of carbonyl (C=O) groups excluding carboxylic acids is 2. The number of benzene rings is 1. The lowest BCUT2D eigenvalue weighted by Gasteiger charge is -2.40. The van der Waals surface area contributed by atoms with Gasteiger partial charge in [-0.2, -0.15) is 0 Å². The minimum atomic E-state index is -0.369. The number of amides is 1. The van der Waals surface area contributed by atoms with Crippen LogP contribution in [0.4, 0.5) is 0 Å². The molecule has 0 aliphatic carbocycles. The molecular formula is C21H27N3O2S. The molecule has 0 bridgehead atoms. The van der Waals surface area contributed by atoms with Gasteiger partial charge in [0.15, 0.2) is 0 Å². The van der Waals surface area contributed by atoms with Crippen molar-refractivity contribution < 1.29 is 9.59 Å². The standard InChI is InChI=1S/C21H27N3O2S/c1-4-23(3)20(26)18-15-27-19(22-18)14-24-12-10-21(11-13-24,16(2)25)17-8-6-5-7-9-17/h5-9,15H,4,10-14H2,1-3H3. The van der Waals surface area contributed by atoms with Gasteiger partial charge < -0.3 is 4.90 Å². The third kappa shape index (κ3) is 4.12. The van der Waals surface area contributed by atoms with E-state index >= 15 is 0 Å². The largest absolute Gasteiger partial charge is 0.341 e. The van der Waals surface area contributed by atoms with Crippen molar-refractivity contribution in [3.8, 4) is 0 Å². The lowest BCUT2D eigenvalue weighted by Crippen LogP contribution is -2.46. The van der Waals surface area contributed by atoms with E-state index in [2.05, 4.69) is 22.0 Å². The van der Waals surface area contributed by atoms with Crippen molar-refractivity contribution in [1.82, 2.24) is 14.8 Å². The Morgan fingerprint density at radius 2 is 1.89 bits per heavy atom. The van der Waals surface area contributed by atoms with Gasteiger partial charge in [0.2, 0.25) is 0 Å². The highest BCUT2D eigenvalue weighted by Crippen LogP contribution is 2.37. The summed E-state index contributed by atoms with van der Waals surface area (Å²) in [6, 6.07) is 10.1. The van der Waals surface area contributed by atoms with Gasteiger partial charge in [0.25, 0.3) is 5.91 Å². The van der Waals surface area contributed by atoms with Crippen LogP contribution >= 0.6 is 11.3 Å². The fraction of sp³-hybridized carbons (Fsp3) is 0.476. The molecule has 1 fully saturated rings. The molecule has 3 rings (SSSR count). The molecule has 2 heterocycles. The van der Waals surface area contributed by atoms with Gasteiger partial charge in [0.1, 0.15) is 16.5 Å². The Morgan fingerprint density at radius 1 is 1.22 bits per heavy atom. The number of thiazole rings is 1. The van der Waals surface area contributed by atoms with E-state index in [-0.39, 0.29) is 17.1 Å². The van der Waals surface area contributed by atoms with Crippen molar-refractivity contribution in [3.05, 3.63) is 52.0 Å². The van der Waals surface area contributed by atoms with Crippen molar-refractivity contribution in [1.29, 1.82) is 0 Å². The van der Waals surface area contributed by atoms with Crippen LogP contribution in [0.1, 0.15) is 47.7 Å². The highest BCUT2D eigenvalue weighted by atomic mass is 32.1. The van der Waals surface area contributed by atoms with Gasteiger partial charge in [0, 0.05) is 19.0 Å². The van der Waals surface area contributed by atoms with Gasteiger partial charge >= 0.3 is 0 Å². The molecule has 1 saturated heterocycles. The molecule has 1 aliphatic rings. The first-order valence-corrected chi connectivity index (χ1v) is 10.3. The van der Waals surface area contributed by atoms with Crippen molar-refractivity contribution in [2.75, 3.05) is 26.7 Å². The summed E-state index contributed by atoms with van der Waals surface area (Å²) in [6.45, 7) is 6.78. The average Bonchev–Trinajstić information content (AvgIpc) is 3.16. The van der Waals surface area contributed by atoms with Crippen molar-refractivity contribution >= 4 is 23.0 Å². The summed E-state index contributed by atoms with van der Waals surface area (Å²) in [5, 5.41) is 2.80. The van der Waals surface area contributed by atoms with Crippen LogP contribution < -0.4 is 0 Å². The molecule has 0 spiro atoms. The summed E-state index contributed by atoms with van der Waals surface area (Å²) < 4.78 is 0. The maximum atomic E-state index is 12.5. The molecule has 0 saturated carbocycles. The first-order valence-electron chi connectivity index (χ1n) is 9.45. The molecule has 0 unspecified atom stereocenters. The van der Waals surface area contributed by atoms with Gasteiger partial charge in [-0.15, -0.1) is 11.3 Å². The topological polar surface area (TPSA) is 53.5 Å². The van der Waals surface area contributed by atoms with Crippen LogP contribution in [0.2, 0.25) is 0 Å². The Hall–Kier alpha value is -2.05. The fourth-order valence-electron chi connectivity index (χ4n) is 3.71. The third-order valence-electron chi connectivity index (χ3n) is 5.66. The molecule has 0 N–H and O–H groups in total. The molecule has 1 aromatic heterocycles. The predicted octanol–water partition coefficient (Wildman–Crippen LogP) is 3.36. The Kier molecular flexibility index (Phi) is 6.07. The number of nitrogens with zero attached hydrogens (tertiary/aromatic N) is 3. The second kappa shape index (κ2) is 8.31. The number of hydrogen-bond donors (Lipinski definition) is 0. The van der Waals surface area contributed by atoms with E-state index in [4.69, 9.17) is 0 Å². The van der Waals surface area contributed by atoms with E-state index < -0.39 is 0 Å². The molecule has 1 aromatic carbocycles. The quantitative estimate of drug-likeness (QED) is 0.765. The summed E-state index contributed by atoms with van der Waals surface area (Å²) in [4.78, 5) is 33.2. The number of ketones is 1. The normalized spacial score (nSPS) is 16.9. The van der Waals surface area contributed by atoms with Gasteiger partial charge in [-0.05, 0) is 45.3 Å². The Balaban J connectivity index is 1.65. The second-order valence-corrected chi connectivity index (χ2v) is 8.17. The molecule has 6 heteroatoms. The molecule has 144 valence electrons. The van der Waals surface area contributed by atoms with E-state index in [1.165, 1.54) is 11.3 Å². The van der Waals surface area contributed by atoms with Gasteiger partial charge in [0.05, 0.1) is 12.0 Å². The predicted molar refractivity (Wildman–Crippen MR) is 108 cm³/mol. The maximum Gasteiger partial charge on any atom is 0.273 e. The third-order valence-corrected chi connectivity index (χ3v) is 6.49. The Morgan fingerprint density at radius 3 is 2.48 bits per heavy atom. The van der Waals surface area contributed by atoms with Crippen LogP contribution in [0.15, 0.2) is 35.7 Å². The molecule has 0 radical (unpaired) electrons. The summed E-state index contributed by atoms with van der Waals surface area (Å²) in [5.41, 5.74) is 1.28. The van der Waals surface area contributed by atoms with Crippen LogP contribution in [-0.4, -0.2) is 53.2 Å². The zero-order valence-electron chi connectivity index (χ0n) is 16.3. The molecule has 0 atom stereocenters. The van der Waals surface area contributed by atoms with E-state index in [1.54, 1.807) is 18.9 Å². The van der Waals surface area contributed by atoms with E-state index in [0.29, 0.717) is 12.2 Å². The first kappa shape index (κ1) is 19.7. The number of Topliss-reactive ketones (excluding diaryl/α,β-unsaturated/α-hetero) is 1. The zero-order chi connectivity index (χ0) is 19.4. The van der Waals surface area contributed by atoms with Gasteiger partial charge in [-0.25, -0.2) is 4.98 Å². The van der Waals surface area contributed by atoms with E-state index in [0.717, 1.165) is 43.0 Å². The number of likely N-dealkylation sites (tertiary alicyclic amines) is 1. The van der Waals surface area contributed by atoms with Crippen LogP contribution in [0.3, 0.4) is 0 Å². The fourth-order valence-corrected chi connectivity index (χ4v) is 4.52. The van der Waals surface area contributed by atoms with Crippen LogP contribution in [0.25, 0.3) is 0 Å². The number of hydrogen-bond acceptors (Lipinski definition) is 5. The molecule has 2 aromatic rings. The van der Waals surface area contributed by atoms with Crippen molar-refractivity contribution in [2.24, 2.45) is 0 Å². The number of carbonyl (C=O) groups is 2. The lowest BCUT2D eigenvalue weighted by molar-refractivity contribution is -0.124. The highest BCUT2D eigenvalue weighted by Gasteiger charge is 2.40. The molecule has 27 heavy (non-hydrogen) atoms. The zero-order valence-corrected chi connectivity index (χ0v) is 17.1. The van der Waals surface area contributed by atoms with Crippen LogP contribution in [-0.2, 0) is 16.8 Å². The minimum Gasteiger partial charge on any atom is -0.341 e. The number of rotatable bonds is 6. The average molecular weight is 386 g/mol. The minimum absolute atomic E-state index is 0.0293. The van der Waals surface area contributed by atoms with Crippen LogP contribution in [0.5, 0.6) is 0 Å². The smallest absolute Gasteiger partial charge is 0.273 e. The van der Waals surface area contributed by atoms with E-state index in [1.807, 2.05) is 30.5 Å². The lowest BCUT2D eigenvalue weighted by atomic mass is 9.70. The SMILES string of the molecule is CCN(C)C(=O)c1csc(CN2CCC(C(C)=O)(c3ccccc3)CC2)n1. The summed E-state index contributed by atoms with van der Waals surface area (Å²) >= 11 is 1.53. The number of piperidine rings is 1. The summed E-state index contributed by atoms with van der Waals surface area (Å²) in [7, 11) is 1.79.